The van der Waals surface area contributed by atoms with E-state index in [1.807, 2.05) is 6.92 Å². The third-order valence-corrected chi connectivity index (χ3v) is 2.44. The monoisotopic (exact) mass is 261 g/mol. The number of rotatable bonds is 4. The molecule has 0 aliphatic rings. The maximum absolute atomic E-state index is 12.8. The molecule has 14 heavy (non-hydrogen) atoms. The van der Waals surface area contributed by atoms with E-state index >= 15 is 0 Å². The van der Waals surface area contributed by atoms with E-state index in [2.05, 4.69) is 15.9 Å². The van der Waals surface area contributed by atoms with Crippen LogP contribution in [0.4, 0.5) is 4.39 Å². The summed E-state index contributed by atoms with van der Waals surface area (Å²) in [5, 5.41) is 0. The number of ether oxygens (including phenoxy) is 1. The second-order valence-electron chi connectivity index (χ2n) is 3.23. The zero-order chi connectivity index (χ0) is 10.6. The van der Waals surface area contributed by atoms with Crippen molar-refractivity contribution in [3.8, 4) is 5.75 Å². The number of halogens is 2. The Morgan fingerprint density at radius 3 is 2.86 bits per heavy atom. The van der Waals surface area contributed by atoms with Gasteiger partial charge in [-0.2, -0.15) is 0 Å². The van der Waals surface area contributed by atoms with Gasteiger partial charge in [0.1, 0.15) is 11.6 Å². The van der Waals surface area contributed by atoms with E-state index in [-0.39, 0.29) is 5.82 Å². The van der Waals surface area contributed by atoms with Gasteiger partial charge in [0, 0.05) is 5.92 Å². The summed E-state index contributed by atoms with van der Waals surface area (Å²) in [6.45, 7) is 3.13. The lowest BCUT2D eigenvalue weighted by atomic mass is 10.2. The van der Waals surface area contributed by atoms with Crippen LogP contribution >= 0.6 is 15.9 Å². The Hall–Kier alpha value is -0.610. The molecule has 1 unspecified atom stereocenters. The van der Waals surface area contributed by atoms with E-state index in [1.54, 1.807) is 12.1 Å². The average molecular weight is 262 g/mol. The number of hydrogen-bond donors (Lipinski definition) is 1. The Kier molecular flexibility index (Phi) is 4.35. The summed E-state index contributed by atoms with van der Waals surface area (Å²) in [6, 6.07) is 4.58. The van der Waals surface area contributed by atoms with Gasteiger partial charge in [0.15, 0.2) is 0 Å². The summed E-state index contributed by atoms with van der Waals surface area (Å²) in [7, 11) is 0. The van der Waals surface area contributed by atoms with Crippen molar-refractivity contribution < 1.29 is 9.13 Å². The third-order valence-electron chi connectivity index (χ3n) is 1.83. The molecule has 0 aliphatic carbocycles. The fraction of sp³-hybridized carbons (Fsp3) is 0.400. The first-order chi connectivity index (χ1) is 6.63. The second kappa shape index (κ2) is 5.32. The van der Waals surface area contributed by atoms with Crippen molar-refractivity contribution in [2.45, 2.75) is 6.92 Å². The fourth-order valence-electron chi connectivity index (χ4n) is 0.873. The smallest absolute Gasteiger partial charge is 0.137 e. The topological polar surface area (TPSA) is 35.2 Å². The predicted molar refractivity (Wildman–Crippen MR) is 57.8 cm³/mol. The van der Waals surface area contributed by atoms with Gasteiger partial charge in [0.25, 0.3) is 0 Å². The van der Waals surface area contributed by atoms with Crippen LogP contribution in [0, 0.1) is 11.7 Å². The van der Waals surface area contributed by atoms with Crippen LogP contribution in [-0.4, -0.2) is 13.2 Å². The minimum absolute atomic E-state index is 0.288. The molecular weight excluding hydrogens is 249 g/mol. The lowest BCUT2D eigenvalue weighted by Crippen LogP contribution is -2.18. The summed E-state index contributed by atoms with van der Waals surface area (Å²) in [6.07, 6.45) is 0. The SMILES string of the molecule is CC(CN)COc1ccc(F)c(Br)c1. The molecule has 0 aliphatic heterocycles. The number of hydrogen-bond acceptors (Lipinski definition) is 2. The highest BCUT2D eigenvalue weighted by atomic mass is 79.9. The lowest BCUT2D eigenvalue weighted by molar-refractivity contribution is 0.263. The molecule has 4 heteroatoms. The van der Waals surface area contributed by atoms with Gasteiger partial charge in [0.2, 0.25) is 0 Å². The lowest BCUT2D eigenvalue weighted by Gasteiger charge is -2.10. The van der Waals surface area contributed by atoms with Gasteiger partial charge in [0.05, 0.1) is 11.1 Å². The molecule has 0 saturated carbocycles. The zero-order valence-electron chi connectivity index (χ0n) is 7.97. The summed E-state index contributed by atoms with van der Waals surface area (Å²) in [5.41, 5.74) is 5.44. The van der Waals surface area contributed by atoms with Gasteiger partial charge in [-0.1, -0.05) is 6.92 Å². The molecule has 2 nitrogen and oxygen atoms in total. The predicted octanol–water partition coefficient (Wildman–Crippen LogP) is 2.56. The van der Waals surface area contributed by atoms with Crippen LogP contribution in [0.5, 0.6) is 5.75 Å². The highest BCUT2D eigenvalue weighted by Crippen LogP contribution is 2.21. The van der Waals surface area contributed by atoms with E-state index in [4.69, 9.17) is 10.5 Å². The quantitative estimate of drug-likeness (QED) is 0.905. The second-order valence-corrected chi connectivity index (χ2v) is 4.08. The van der Waals surface area contributed by atoms with Crippen LogP contribution < -0.4 is 10.5 Å². The van der Waals surface area contributed by atoms with Crippen molar-refractivity contribution in [3.63, 3.8) is 0 Å². The van der Waals surface area contributed by atoms with E-state index in [0.717, 1.165) is 0 Å². The number of nitrogens with two attached hydrogens (primary N) is 1. The molecule has 1 aromatic carbocycles. The van der Waals surface area contributed by atoms with Gasteiger partial charge in [-0.15, -0.1) is 0 Å². The fourth-order valence-corrected chi connectivity index (χ4v) is 1.23. The largest absolute Gasteiger partial charge is 0.493 e. The molecule has 0 spiro atoms. The van der Waals surface area contributed by atoms with Crippen LogP contribution in [0.1, 0.15) is 6.92 Å². The van der Waals surface area contributed by atoms with E-state index in [1.165, 1.54) is 6.07 Å². The van der Waals surface area contributed by atoms with Crippen LogP contribution in [0.25, 0.3) is 0 Å². The summed E-state index contributed by atoms with van der Waals surface area (Å²) >= 11 is 3.09. The highest BCUT2D eigenvalue weighted by Gasteiger charge is 2.03. The van der Waals surface area contributed by atoms with Gasteiger partial charge in [-0.3, -0.25) is 0 Å². The molecular formula is C10H13BrFNO. The maximum atomic E-state index is 12.8. The molecule has 0 aromatic heterocycles. The molecule has 0 saturated heterocycles. The first-order valence-electron chi connectivity index (χ1n) is 4.41. The Labute approximate surface area is 91.4 Å². The van der Waals surface area contributed by atoms with Crippen molar-refractivity contribution in [2.24, 2.45) is 11.7 Å². The molecule has 0 radical (unpaired) electrons. The third kappa shape index (κ3) is 3.27. The molecule has 1 rings (SSSR count). The Morgan fingerprint density at radius 1 is 1.57 bits per heavy atom. The first kappa shape index (κ1) is 11.5. The normalized spacial score (nSPS) is 12.6. The average Bonchev–Trinajstić information content (AvgIpc) is 2.19. The van der Waals surface area contributed by atoms with Gasteiger partial charge in [-0.05, 0) is 40.7 Å². The Bertz CT molecular complexity index is 306. The minimum atomic E-state index is -0.288. The molecule has 0 fully saturated rings. The van der Waals surface area contributed by atoms with Crippen LogP contribution in [-0.2, 0) is 0 Å². The molecule has 0 bridgehead atoms. The summed E-state index contributed by atoms with van der Waals surface area (Å²) < 4.78 is 18.7. The van der Waals surface area contributed by atoms with Crippen molar-refractivity contribution >= 4 is 15.9 Å². The van der Waals surface area contributed by atoms with Crippen LogP contribution in [0.3, 0.4) is 0 Å². The summed E-state index contributed by atoms with van der Waals surface area (Å²) in [5.74, 6) is 0.668. The molecule has 2 N–H and O–H groups in total. The van der Waals surface area contributed by atoms with Gasteiger partial charge >= 0.3 is 0 Å². The minimum Gasteiger partial charge on any atom is -0.493 e. The van der Waals surface area contributed by atoms with Crippen molar-refractivity contribution in [1.29, 1.82) is 0 Å². The molecule has 0 amide bonds. The van der Waals surface area contributed by atoms with Gasteiger partial charge < -0.3 is 10.5 Å². The molecule has 1 aromatic rings. The maximum Gasteiger partial charge on any atom is 0.137 e. The van der Waals surface area contributed by atoms with Crippen LogP contribution in [0.15, 0.2) is 22.7 Å². The standard InChI is InChI=1S/C10H13BrFNO/c1-7(5-13)6-14-8-2-3-10(12)9(11)4-8/h2-4,7H,5-6,13H2,1H3. The first-order valence-corrected chi connectivity index (χ1v) is 5.20. The van der Waals surface area contributed by atoms with E-state index in [9.17, 15) is 4.39 Å². The molecule has 1 atom stereocenters. The zero-order valence-corrected chi connectivity index (χ0v) is 9.55. The Balaban J connectivity index is 2.55. The molecule has 0 heterocycles. The van der Waals surface area contributed by atoms with Crippen molar-refractivity contribution in [1.82, 2.24) is 0 Å². The highest BCUT2D eigenvalue weighted by molar-refractivity contribution is 9.10. The van der Waals surface area contributed by atoms with Crippen LogP contribution in [0.2, 0.25) is 0 Å². The van der Waals surface area contributed by atoms with E-state index < -0.39 is 0 Å². The van der Waals surface area contributed by atoms with E-state index in [0.29, 0.717) is 29.3 Å². The van der Waals surface area contributed by atoms with Gasteiger partial charge in [-0.25, -0.2) is 4.39 Å². The molecule has 78 valence electrons. The number of benzene rings is 1. The van der Waals surface area contributed by atoms with Crippen molar-refractivity contribution in [3.05, 3.63) is 28.5 Å². The van der Waals surface area contributed by atoms with Crippen molar-refractivity contribution in [2.75, 3.05) is 13.2 Å². The summed E-state index contributed by atoms with van der Waals surface area (Å²) in [4.78, 5) is 0. The Morgan fingerprint density at radius 2 is 2.29 bits per heavy atom.